The summed E-state index contributed by atoms with van der Waals surface area (Å²) in [7, 11) is 0. The Bertz CT molecular complexity index is 1210. The fourth-order valence-corrected chi connectivity index (χ4v) is 5.61. The molecule has 0 spiro atoms. The normalized spacial score (nSPS) is 25.9. The van der Waals surface area contributed by atoms with Gasteiger partial charge in [-0.2, -0.15) is 18.2 Å². The van der Waals surface area contributed by atoms with Crippen LogP contribution in [0.4, 0.5) is 28.2 Å². The van der Waals surface area contributed by atoms with Gasteiger partial charge in [0.05, 0.1) is 18.1 Å². The van der Waals surface area contributed by atoms with E-state index in [0.29, 0.717) is 12.8 Å². The zero-order valence-electron chi connectivity index (χ0n) is 19.2. The first-order valence-electron chi connectivity index (χ1n) is 10.9. The zero-order chi connectivity index (χ0) is 25.4. The number of aromatic nitrogens is 3. The number of ether oxygens (including phenoxy) is 2. The monoisotopic (exact) mass is 535 g/mol. The lowest BCUT2D eigenvalue weighted by Gasteiger charge is -2.48. The number of fused-ring (bicyclic) bond motifs is 5. The predicted octanol–water partition coefficient (Wildman–Crippen LogP) is 4.82. The molecule has 2 fully saturated rings. The smallest absolute Gasteiger partial charge is 0.427 e. The third kappa shape index (κ3) is 4.00. The SMILES string of the molecule is CSc1nc2c3c(nc(Cl)c(F)c3n1)O[C@@H](C(F)(F)F)[C@@H]1[C@@H]3CC[C@H](CN21)N3C(=O)OC(C)(C)C. The lowest BCUT2D eigenvalue weighted by molar-refractivity contribution is -0.206. The molecular formula is C21H22ClF4N5O3S. The highest BCUT2D eigenvalue weighted by Gasteiger charge is 2.61. The third-order valence-corrected chi connectivity index (χ3v) is 7.11. The van der Waals surface area contributed by atoms with E-state index in [1.807, 2.05) is 0 Å². The maximum Gasteiger partial charge on any atom is 0.427 e. The van der Waals surface area contributed by atoms with Crippen molar-refractivity contribution in [2.75, 3.05) is 17.7 Å². The Hall–Kier alpha value is -2.28. The number of pyridine rings is 1. The van der Waals surface area contributed by atoms with E-state index >= 15 is 0 Å². The molecule has 3 aliphatic heterocycles. The summed E-state index contributed by atoms with van der Waals surface area (Å²) in [5, 5.41) is -0.570. The Kier molecular flexibility index (Phi) is 5.66. The Labute approximate surface area is 207 Å². The fourth-order valence-electron chi connectivity index (χ4n) is 5.09. The van der Waals surface area contributed by atoms with Crippen molar-refractivity contribution in [1.29, 1.82) is 0 Å². The topological polar surface area (TPSA) is 80.7 Å². The molecule has 3 aliphatic rings. The second kappa shape index (κ2) is 8.12. The van der Waals surface area contributed by atoms with E-state index < -0.39 is 59.0 Å². The van der Waals surface area contributed by atoms with Crippen LogP contribution in [0.2, 0.25) is 5.15 Å². The van der Waals surface area contributed by atoms with Crippen LogP contribution in [0.1, 0.15) is 33.6 Å². The molecule has 2 bridgehead atoms. The van der Waals surface area contributed by atoms with Gasteiger partial charge in [0.15, 0.2) is 16.1 Å². The van der Waals surface area contributed by atoms with Gasteiger partial charge >= 0.3 is 12.3 Å². The maximum absolute atomic E-state index is 15.0. The molecule has 0 radical (unpaired) electrons. The molecule has 0 unspecified atom stereocenters. The summed E-state index contributed by atoms with van der Waals surface area (Å²) in [4.78, 5) is 28.3. The molecule has 1 amide bonds. The molecule has 35 heavy (non-hydrogen) atoms. The highest BCUT2D eigenvalue weighted by atomic mass is 35.5. The van der Waals surface area contributed by atoms with Crippen molar-refractivity contribution in [2.24, 2.45) is 0 Å². The number of piperazine rings is 1. The van der Waals surface area contributed by atoms with E-state index in [0.717, 1.165) is 11.8 Å². The summed E-state index contributed by atoms with van der Waals surface area (Å²) in [6, 6.07) is -2.67. The predicted molar refractivity (Wildman–Crippen MR) is 121 cm³/mol. The number of halogens is 5. The van der Waals surface area contributed by atoms with Gasteiger partial charge in [-0.1, -0.05) is 23.4 Å². The lowest BCUT2D eigenvalue weighted by atomic mass is 9.96. The number of rotatable bonds is 1. The van der Waals surface area contributed by atoms with Crippen molar-refractivity contribution in [3.8, 4) is 5.88 Å². The molecule has 5 heterocycles. The summed E-state index contributed by atoms with van der Waals surface area (Å²) in [5.41, 5.74) is -1.09. The maximum atomic E-state index is 15.0. The van der Waals surface area contributed by atoms with Gasteiger partial charge in [-0.25, -0.2) is 19.2 Å². The first kappa shape index (κ1) is 24.4. The highest BCUT2D eigenvalue weighted by molar-refractivity contribution is 7.98. The van der Waals surface area contributed by atoms with Gasteiger partial charge in [-0.3, -0.25) is 4.90 Å². The summed E-state index contributed by atoms with van der Waals surface area (Å²) in [5.74, 6) is -1.38. The molecule has 190 valence electrons. The molecule has 2 aromatic rings. The van der Waals surface area contributed by atoms with Crippen molar-refractivity contribution < 1.29 is 31.8 Å². The number of amides is 1. The van der Waals surface area contributed by atoms with Gasteiger partial charge in [-0.15, -0.1) is 0 Å². The summed E-state index contributed by atoms with van der Waals surface area (Å²) in [6.07, 6.45) is -5.46. The van der Waals surface area contributed by atoms with Crippen molar-refractivity contribution in [3.05, 3.63) is 11.0 Å². The highest BCUT2D eigenvalue weighted by Crippen LogP contribution is 2.48. The van der Waals surface area contributed by atoms with Crippen molar-refractivity contribution in [2.45, 2.75) is 74.8 Å². The van der Waals surface area contributed by atoms with Gasteiger partial charge in [0.2, 0.25) is 12.0 Å². The quantitative estimate of drug-likeness (QED) is 0.223. The van der Waals surface area contributed by atoms with Crippen LogP contribution in [-0.4, -0.2) is 74.8 Å². The first-order chi connectivity index (χ1) is 16.3. The van der Waals surface area contributed by atoms with Crippen LogP contribution >= 0.6 is 23.4 Å². The number of anilines is 1. The van der Waals surface area contributed by atoms with Gasteiger partial charge in [0.1, 0.15) is 22.3 Å². The molecule has 0 aromatic carbocycles. The Morgan fingerprint density at radius 2 is 1.91 bits per heavy atom. The Morgan fingerprint density at radius 3 is 2.54 bits per heavy atom. The molecule has 5 rings (SSSR count). The number of alkyl halides is 3. The van der Waals surface area contributed by atoms with E-state index in [-0.39, 0.29) is 28.4 Å². The van der Waals surface area contributed by atoms with Crippen LogP contribution in [0.3, 0.4) is 0 Å². The Morgan fingerprint density at radius 1 is 1.20 bits per heavy atom. The van der Waals surface area contributed by atoms with Crippen LogP contribution in [0, 0.1) is 5.82 Å². The van der Waals surface area contributed by atoms with E-state index in [1.165, 1.54) is 9.80 Å². The van der Waals surface area contributed by atoms with E-state index in [4.69, 9.17) is 21.1 Å². The standard InChI is InChI=1S/C21H22ClF4N5O3S/c1-20(2,3)34-19(32)31-8-5-6-9(31)13-14(21(24,25)26)33-17-10-12(11(23)15(22)28-17)27-18(35-4)29-16(10)30(13)7-8/h8-9,13-14H,5-7H2,1-4H3/t8-,9+,13+,14-/m1/s1. The lowest BCUT2D eigenvalue weighted by Crippen LogP contribution is -2.68. The minimum absolute atomic E-state index is 0.0277. The minimum Gasteiger partial charge on any atom is -0.462 e. The van der Waals surface area contributed by atoms with Gasteiger partial charge in [-0.05, 0) is 39.9 Å². The van der Waals surface area contributed by atoms with Crippen LogP contribution in [-0.2, 0) is 4.74 Å². The minimum atomic E-state index is -4.84. The number of nitrogens with zero attached hydrogens (tertiary/aromatic N) is 5. The van der Waals surface area contributed by atoms with Gasteiger partial charge < -0.3 is 14.4 Å². The number of carbonyl (C=O) groups is 1. The Balaban J connectivity index is 1.71. The molecule has 8 nitrogen and oxygen atoms in total. The van der Waals surface area contributed by atoms with Gasteiger partial charge in [0, 0.05) is 6.54 Å². The fraction of sp³-hybridized carbons (Fsp3) is 0.619. The van der Waals surface area contributed by atoms with Crippen molar-refractivity contribution >= 4 is 46.2 Å². The summed E-state index contributed by atoms with van der Waals surface area (Å²) >= 11 is 7.02. The number of hydrogen-bond acceptors (Lipinski definition) is 8. The number of thioether (sulfide) groups is 1. The molecule has 2 aromatic heterocycles. The third-order valence-electron chi connectivity index (χ3n) is 6.31. The van der Waals surface area contributed by atoms with Crippen LogP contribution < -0.4 is 9.64 Å². The summed E-state index contributed by atoms with van der Waals surface area (Å²) < 4.78 is 69.4. The second-order valence-corrected chi connectivity index (χ2v) is 10.8. The van der Waals surface area contributed by atoms with Crippen LogP contribution in [0.15, 0.2) is 5.16 Å². The van der Waals surface area contributed by atoms with E-state index in [2.05, 4.69) is 15.0 Å². The van der Waals surface area contributed by atoms with E-state index in [9.17, 15) is 22.4 Å². The molecule has 0 saturated carbocycles. The zero-order valence-corrected chi connectivity index (χ0v) is 20.8. The summed E-state index contributed by atoms with van der Waals surface area (Å²) in [6.45, 7) is 5.11. The van der Waals surface area contributed by atoms with Crippen molar-refractivity contribution in [3.63, 3.8) is 0 Å². The molecule has 0 N–H and O–H groups in total. The molecule has 4 atom stereocenters. The second-order valence-electron chi connectivity index (χ2n) is 9.69. The molecule has 0 aliphatic carbocycles. The molecular weight excluding hydrogens is 514 g/mol. The molecule has 14 heteroatoms. The molecule has 2 saturated heterocycles. The number of hydrogen-bond donors (Lipinski definition) is 0. The van der Waals surface area contributed by atoms with Crippen LogP contribution in [0.25, 0.3) is 10.9 Å². The first-order valence-corrected chi connectivity index (χ1v) is 12.5. The number of carbonyl (C=O) groups excluding carboxylic acids is 1. The van der Waals surface area contributed by atoms with Gasteiger partial charge in [0.25, 0.3) is 0 Å². The average molecular weight is 536 g/mol. The average Bonchev–Trinajstić information content (AvgIpc) is 2.99. The van der Waals surface area contributed by atoms with Crippen LogP contribution in [0.5, 0.6) is 5.88 Å². The largest absolute Gasteiger partial charge is 0.462 e. The van der Waals surface area contributed by atoms with Crippen molar-refractivity contribution in [1.82, 2.24) is 19.9 Å². The van der Waals surface area contributed by atoms with E-state index in [1.54, 1.807) is 27.0 Å².